The number of rotatable bonds is 6. The van der Waals surface area contributed by atoms with Crippen LogP contribution in [0.2, 0.25) is 0 Å². The van der Waals surface area contributed by atoms with E-state index in [9.17, 15) is 9.90 Å². The summed E-state index contributed by atoms with van der Waals surface area (Å²) in [5.74, 6) is 0.363. The van der Waals surface area contributed by atoms with Crippen molar-refractivity contribution >= 4 is 17.2 Å². The number of hydrogen-bond acceptors (Lipinski definition) is 4. The van der Waals surface area contributed by atoms with E-state index in [1.165, 1.54) is 11.3 Å². The summed E-state index contributed by atoms with van der Waals surface area (Å²) in [6, 6.07) is 20.5. The lowest BCUT2D eigenvalue weighted by atomic mass is 10.1. The lowest BCUT2D eigenvalue weighted by Crippen LogP contribution is -2.22. The number of thiophene rings is 1. The lowest BCUT2D eigenvalue weighted by Gasteiger charge is -2.09. The van der Waals surface area contributed by atoms with Crippen molar-refractivity contribution in [1.29, 1.82) is 0 Å². The highest BCUT2D eigenvalue weighted by Crippen LogP contribution is 2.28. The Kier molecular flexibility index (Phi) is 5.48. The third-order valence-corrected chi connectivity index (χ3v) is 4.98. The Morgan fingerprint density at radius 2 is 1.80 bits per heavy atom. The van der Waals surface area contributed by atoms with Crippen molar-refractivity contribution in [1.82, 2.24) is 5.32 Å². The van der Waals surface area contributed by atoms with Crippen LogP contribution in [0.3, 0.4) is 0 Å². The van der Waals surface area contributed by atoms with Gasteiger partial charge in [-0.3, -0.25) is 4.79 Å². The van der Waals surface area contributed by atoms with Crippen LogP contribution in [0.4, 0.5) is 0 Å². The van der Waals surface area contributed by atoms with E-state index in [1.54, 1.807) is 25.3 Å². The van der Waals surface area contributed by atoms with Crippen LogP contribution < -0.4 is 10.1 Å². The molecule has 1 unspecified atom stereocenters. The molecule has 1 amide bonds. The minimum Gasteiger partial charge on any atom is -0.496 e. The monoisotopic (exact) mass is 353 g/mol. The number of nitrogens with one attached hydrogen (secondary N) is 1. The van der Waals surface area contributed by atoms with Gasteiger partial charge >= 0.3 is 0 Å². The van der Waals surface area contributed by atoms with Gasteiger partial charge in [0.05, 0.1) is 19.2 Å². The fraction of sp³-hybridized carbons (Fsp3) is 0.150. The van der Waals surface area contributed by atoms with Crippen molar-refractivity contribution in [3.8, 4) is 5.75 Å². The highest BCUT2D eigenvalue weighted by molar-refractivity contribution is 7.12. The van der Waals surface area contributed by atoms with E-state index in [4.69, 9.17) is 4.74 Å². The number of methoxy groups -OCH3 is 1. The van der Waals surface area contributed by atoms with Crippen LogP contribution in [-0.4, -0.2) is 18.1 Å². The number of hydrogen-bond donors (Lipinski definition) is 2. The van der Waals surface area contributed by atoms with Crippen molar-refractivity contribution in [2.75, 3.05) is 7.11 Å². The average molecular weight is 353 g/mol. The van der Waals surface area contributed by atoms with Crippen LogP contribution in [0.1, 0.15) is 31.8 Å². The third-order valence-electron chi connectivity index (χ3n) is 3.84. The van der Waals surface area contributed by atoms with Crippen LogP contribution in [-0.2, 0) is 6.54 Å². The molecular formula is C20H19NO3S. The maximum atomic E-state index is 12.3. The van der Waals surface area contributed by atoms with Crippen molar-refractivity contribution in [2.24, 2.45) is 0 Å². The molecule has 0 spiro atoms. The molecule has 2 aromatic carbocycles. The molecule has 0 fully saturated rings. The molecule has 3 rings (SSSR count). The predicted octanol–water partition coefficient (Wildman–Crippen LogP) is 3.77. The number of ether oxygens (including phenoxy) is 1. The molecule has 0 bridgehead atoms. The molecule has 0 aliphatic rings. The molecule has 0 saturated carbocycles. The number of carbonyl (C=O) groups excluding carboxylic acids is 1. The van der Waals surface area contributed by atoms with E-state index < -0.39 is 6.10 Å². The van der Waals surface area contributed by atoms with E-state index in [1.807, 2.05) is 48.5 Å². The first kappa shape index (κ1) is 17.2. The first-order chi connectivity index (χ1) is 12.2. The zero-order valence-electron chi connectivity index (χ0n) is 13.8. The van der Waals surface area contributed by atoms with Crippen LogP contribution in [0, 0.1) is 0 Å². The molecule has 128 valence electrons. The van der Waals surface area contributed by atoms with Gasteiger partial charge < -0.3 is 15.2 Å². The van der Waals surface area contributed by atoms with Gasteiger partial charge in [0, 0.05) is 9.75 Å². The summed E-state index contributed by atoms with van der Waals surface area (Å²) in [4.78, 5) is 14.2. The topological polar surface area (TPSA) is 58.6 Å². The fourth-order valence-corrected chi connectivity index (χ4v) is 3.50. The Morgan fingerprint density at radius 1 is 1.08 bits per heavy atom. The minimum atomic E-state index is -0.648. The highest BCUT2D eigenvalue weighted by atomic mass is 32.1. The minimum absolute atomic E-state index is 0.184. The second-order valence-electron chi connectivity index (χ2n) is 5.50. The number of benzene rings is 2. The molecule has 0 saturated heterocycles. The zero-order chi connectivity index (χ0) is 17.6. The summed E-state index contributed by atoms with van der Waals surface area (Å²) in [6.07, 6.45) is -0.648. The number of para-hydroxylation sites is 1. The second kappa shape index (κ2) is 7.96. The third kappa shape index (κ3) is 4.07. The summed E-state index contributed by atoms with van der Waals surface area (Å²) in [5, 5.41) is 13.3. The first-order valence-corrected chi connectivity index (χ1v) is 8.73. The van der Waals surface area contributed by atoms with Gasteiger partial charge in [0.15, 0.2) is 0 Å². The van der Waals surface area contributed by atoms with Crippen LogP contribution >= 0.6 is 11.3 Å². The molecule has 1 aromatic heterocycles. The SMILES string of the molecule is COc1ccccc1C(=O)NCc1ccc(C(O)c2ccccc2)s1. The van der Waals surface area contributed by atoms with E-state index in [-0.39, 0.29) is 5.91 Å². The Labute approximate surface area is 150 Å². The van der Waals surface area contributed by atoms with Gasteiger partial charge in [0.25, 0.3) is 5.91 Å². The molecule has 0 aliphatic carbocycles. The summed E-state index contributed by atoms with van der Waals surface area (Å²) in [6.45, 7) is 0.406. The molecular weight excluding hydrogens is 334 g/mol. The molecule has 0 radical (unpaired) electrons. The molecule has 4 nitrogen and oxygen atoms in total. The van der Waals surface area contributed by atoms with Gasteiger partial charge in [0.2, 0.25) is 0 Å². The molecule has 1 heterocycles. The normalized spacial score (nSPS) is 11.8. The van der Waals surface area contributed by atoms with Gasteiger partial charge in [-0.2, -0.15) is 0 Å². The average Bonchev–Trinajstić information content (AvgIpc) is 3.15. The molecule has 5 heteroatoms. The van der Waals surface area contributed by atoms with Crippen LogP contribution in [0.15, 0.2) is 66.7 Å². The van der Waals surface area contributed by atoms with Gasteiger partial charge in [-0.25, -0.2) is 0 Å². The molecule has 25 heavy (non-hydrogen) atoms. The summed E-state index contributed by atoms with van der Waals surface area (Å²) in [7, 11) is 1.54. The number of carbonyl (C=O) groups is 1. The van der Waals surface area contributed by atoms with Gasteiger partial charge in [-0.15, -0.1) is 11.3 Å². The molecule has 0 aliphatic heterocycles. The molecule has 3 aromatic rings. The summed E-state index contributed by atoms with van der Waals surface area (Å²) >= 11 is 1.49. The van der Waals surface area contributed by atoms with E-state index in [2.05, 4.69) is 5.32 Å². The second-order valence-corrected chi connectivity index (χ2v) is 6.70. The number of aliphatic hydroxyl groups excluding tert-OH is 1. The maximum absolute atomic E-state index is 12.3. The number of amides is 1. The molecule has 1 atom stereocenters. The van der Waals surface area contributed by atoms with Gasteiger partial charge in [-0.1, -0.05) is 42.5 Å². The van der Waals surface area contributed by atoms with Crippen molar-refractivity contribution in [3.63, 3.8) is 0 Å². The van der Waals surface area contributed by atoms with Crippen LogP contribution in [0.25, 0.3) is 0 Å². The lowest BCUT2D eigenvalue weighted by molar-refractivity contribution is 0.0948. The first-order valence-electron chi connectivity index (χ1n) is 7.92. The van der Waals surface area contributed by atoms with E-state index in [0.29, 0.717) is 17.9 Å². The molecule has 2 N–H and O–H groups in total. The largest absolute Gasteiger partial charge is 0.496 e. The predicted molar refractivity (Wildman–Crippen MR) is 99.0 cm³/mol. The Bertz CT molecular complexity index is 845. The van der Waals surface area contributed by atoms with Gasteiger partial charge in [0.1, 0.15) is 11.9 Å². The van der Waals surface area contributed by atoms with E-state index in [0.717, 1.165) is 15.3 Å². The standard InChI is InChI=1S/C20H19NO3S/c1-24-17-10-6-5-9-16(17)20(23)21-13-15-11-12-18(25-15)19(22)14-7-3-2-4-8-14/h2-12,19,22H,13H2,1H3,(H,21,23). The summed E-state index contributed by atoms with van der Waals surface area (Å²) < 4.78 is 5.21. The van der Waals surface area contributed by atoms with Crippen molar-refractivity contribution in [2.45, 2.75) is 12.6 Å². The quantitative estimate of drug-likeness (QED) is 0.709. The Hall–Kier alpha value is -2.63. The van der Waals surface area contributed by atoms with Crippen molar-refractivity contribution < 1.29 is 14.6 Å². The highest BCUT2D eigenvalue weighted by Gasteiger charge is 2.14. The van der Waals surface area contributed by atoms with Crippen LogP contribution in [0.5, 0.6) is 5.75 Å². The Morgan fingerprint density at radius 3 is 2.56 bits per heavy atom. The zero-order valence-corrected chi connectivity index (χ0v) is 14.6. The maximum Gasteiger partial charge on any atom is 0.255 e. The van der Waals surface area contributed by atoms with Crippen molar-refractivity contribution in [3.05, 3.63) is 87.6 Å². The number of aliphatic hydroxyl groups is 1. The Balaban J connectivity index is 1.65. The van der Waals surface area contributed by atoms with Gasteiger partial charge in [-0.05, 0) is 29.8 Å². The fourth-order valence-electron chi connectivity index (χ4n) is 2.53. The van der Waals surface area contributed by atoms with E-state index >= 15 is 0 Å². The smallest absolute Gasteiger partial charge is 0.255 e. The summed E-state index contributed by atoms with van der Waals surface area (Å²) in [5.41, 5.74) is 1.36.